The molecule has 1 aromatic rings. The van der Waals surface area contributed by atoms with Gasteiger partial charge >= 0.3 is 0 Å². The second-order valence-electron chi connectivity index (χ2n) is 8.82. The average Bonchev–Trinajstić information content (AvgIpc) is 2.77. The van der Waals surface area contributed by atoms with E-state index in [1.165, 1.54) is 37.1 Å². The van der Waals surface area contributed by atoms with Crippen LogP contribution in [-0.2, 0) is 17.8 Å². The van der Waals surface area contributed by atoms with Gasteiger partial charge in [0.1, 0.15) is 0 Å². The van der Waals surface area contributed by atoms with Crippen molar-refractivity contribution in [2.45, 2.75) is 52.7 Å². The molecule has 0 saturated carbocycles. The molecule has 0 bridgehead atoms. The number of rotatable bonds is 8. The zero-order valence-electron chi connectivity index (χ0n) is 19.6. The number of hydrogen-bond donors (Lipinski definition) is 2. The standard InChI is InChI=1S/C24H41N5O.HI/c1-4-25-24(26-16-21(3)29-11-7-8-20(2)18-29)27-17-22-9-5-6-10-23(22)19-28-12-14-30-15-13-28;/h5-6,9-10,20-21H,4,7-8,11-19H2,1-3H3,(H2,25,26,27);1H. The molecule has 6 nitrogen and oxygen atoms in total. The maximum atomic E-state index is 5.49. The van der Waals surface area contributed by atoms with Gasteiger partial charge < -0.3 is 15.4 Å². The summed E-state index contributed by atoms with van der Waals surface area (Å²) >= 11 is 0. The number of benzene rings is 1. The van der Waals surface area contributed by atoms with Crippen molar-refractivity contribution >= 4 is 29.9 Å². The van der Waals surface area contributed by atoms with E-state index in [0.717, 1.165) is 57.8 Å². The summed E-state index contributed by atoms with van der Waals surface area (Å²) in [6.07, 6.45) is 2.68. The van der Waals surface area contributed by atoms with Gasteiger partial charge in [0.05, 0.1) is 19.8 Å². The molecule has 2 N–H and O–H groups in total. The van der Waals surface area contributed by atoms with Gasteiger partial charge in [-0.15, -0.1) is 24.0 Å². The van der Waals surface area contributed by atoms with Crippen LogP contribution >= 0.6 is 24.0 Å². The lowest BCUT2D eigenvalue weighted by molar-refractivity contribution is 0.0341. The van der Waals surface area contributed by atoms with Crippen molar-refractivity contribution in [2.24, 2.45) is 10.9 Å². The lowest BCUT2D eigenvalue weighted by atomic mass is 9.99. The number of nitrogens with one attached hydrogen (secondary N) is 2. The predicted octanol–water partition coefficient (Wildman–Crippen LogP) is 3.31. The van der Waals surface area contributed by atoms with Crippen molar-refractivity contribution in [2.75, 3.05) is 52.5 Å². The fourth-order valence-corrected chi connectivity index (χ4v) is 4.37. The van der Waals surface area contributed by atoms with Crippen LogP contribution in [0.3, 0.4) is 0 Å². The average molecular weight is 544 g/mol. The quantitative estimate of drug-likeness (QED) is 0.300. The summed E-state index contributed by atoms with van der Waals surface area (Å²) in [7, 11) is 0. The van der Waals surface area contributed by atoms with Crippen LogP contribution in [0.1, 0.15) is 44.7 Å². The van der Waals surface area contributed by atoms with Crippen LogP contribution in [0.5, 0.6) is 0 Å². The van der Waals surface area contributed by atoms with Gasteiger partial charge in [-0.3, -0.25) is 9.80 Å². The first-order valence-corrected chi connectivity index (χ1v) is 11.8. The molecule has 2 aliphatic rings. The Morgan fingerprint density at radius 2 is 1.90 bits per heavy atom. The molecular formula is C24H42IN5O. The molecule has 7 heteroatoms. The Morgan fingerprint density at radius 1 is 1.16 bits per heavy atom. The third kappa shape index (κ3) is 8.86. The van der Waals surface area contributed by atoms with Crippen LogP contribution in [0.15, 0.2) is 29.3 Å². The number of nitrogens with zero attached hydrogens (tertiary/aromatic N) is 3. The highest BCUT2D eigenvalue weighted by molar-refractivity contribution is 14.0. The molecule has 31 heavy (non-hydrogen) atoms. The zero-order chi connectivity index (χ0) is 21.2. The summed E-state index contributed by atoms with van der Waals surface area (Å²) in [5.41, 5.74) is 2.67. The van der Waals surface area contributed by atoms with Gasteiger partial charge in [0.15, 0.2) is 5.96 Å². The lowest BCUT2D eigenvalue weighted by Crippen LogP contribution is -2.48. The van der Waals surface area contributed by atoms with Gasteiger partial charge in [0, 0.05) is 45.3 Å². The number of piperidine rings is 1. The van der Waals surface area contributed by atoms with E-state index in [2.05, 4.69) is 65.5 Å². The van der Waals surface area contributed by atoms with Crippen molar-refractivity contribution in [1.82, 2.24) is 20.4 Å². The van der Waals surface area contributed by atoms with E-state index in [4.69, 9.17) is 9.73 Å². The van der Waals surface area contributed by atoms with Gasteiger partial charge in [-0.05, 0) is 50.3 Å². The predicted molar refractivity (Wildman–Crippen MR) is 140 cm³/mol. The Hall–Kier alpha value is -0.900. The number of guanidine groups is 1. The van der Waals surface area contributed by atoms with Crippen LogP contribution in [0.2, 0.25) is 0 Å². The minimum absolute atomic E-state index is 0. The van der Waals surface area contributed by atoms with Crippen molar-refractivity contribution in [3.05, 3.63) is 35.4 Å². The molecule has 0 spiro atoms. The topological polar surface area (TPSA) is 52.1 Å². The number of morpholine rings is 1. The molecule has 3 rings (SSSR count). The number of ether oxygens (including phenoxy) is 1. The molecule has 2 saturated heterocycles. The van der Waals surface area contributed by atoms with E-state index >= 15 is 0 Å². The zero-order valence-corrected chi connectivity index (χ0v) is 21.9. The molecule has 0 aliphatic carbocycles. The van der Waals surface area contributed by atoms with Gasteiger partial charge in [0.2, 0.25) is 0 Å². The van der Waals surface area contributed by atoms with Crippen LogP contribution in [0, 0.1) is 5.92 Å². The highest BCUT2D eigenvalue weighted by Crippen LogP contribution is 2.17. The van der Waals surface area contributed by atoms with Gasteiger partial charge in [-0.25, -0.2) is 4.99 Å². The Bertz CT molecular complexity index is 665. The number of hydrogen-bond acceptors (Lipinski definition) is 4. The summed E-state index contributed by atoms with van der Waals surface area (Å²) in [5, 5.41) is 6.99. The van der Waals surface area contributed by atoms with E-state index in [-0.39, 0.29) is 24.0 Å². The molecule has 176 valence electrons. The second-order valence-corrected chi connectivity index (χ2v) is 8.82. The largest absolute Gasteiger partial charge is 0.379 e. The van der Waals surface area contributed by atoms with Gasteiger partial charge in [-0.1, -0.05) is 31.2 Å². The van der Waals surface area contributed by atoms with Crippen molar-refractivity contribution in [3.8, 4) is 0 Å². The minimum Gasteiger partial charge on any atom is -0.379 e. The number of likely N-dealkylation sites (tertiary alicyclic amines) is 1. The van der Waals surface area contributed by atoms with E-state index < -0.39 is 0 Å². The summed E-state index contributed by atoms with van der Waals surface area (Å²) in [4.78, 5) is 9.98. The molecule has 2 heterocycles. The van der Waals surface area contributed by atoms with Crippen LogP contribution in [0.25, 0.3) is 0 Å². The molecule has 2 aliphatic heterocycles. The third-order valence-corrected chi connectivity index (χ3v) is 6.24. The summed E-state index contributed by atoms with van der Waals surface area (Å²) in [6.45, 7) is 16.4. The van der Waals surface area contributed by atoms with E-state index in [1.807, 2.05) is 0 Å². The highest BCUT2D eigenvalue weighted by atomic mass is 127. The SMILES string of the molecule is CCNC(=NCc1ccccc1CN1CCOCC1)NCC(C)N1CCCC(C)C1.I. The maximum absolute atomic E-state index is 5.49. The van der Waals surface area contributed by atoms with Crippen molar-refractivity contribution in [3.63, 3.8) is 0 Å². The Morgan fingerprint density at radius 3 is 2.61 bits per heavy atom. The number of aliphatic imine (C=N–C) groups is 1. The van der Waals surface area contributed by atoms with E-state index in [0.29, 0.717) is 12.6 Å². The molecular weight excluding hydrogens is 501 g/mol. The fourth-order valence-electron chi connectivity index (χ4n) is 4.37. The Kier molecular flexibility index (Phi) is 12.1. The Labute approximate surface area is 206 Å². The first-order valence-electron chi connectivity index (χ1n) is 11.8. The van der Waals surface area contributed by atoms with Gasteiger partial charge in [0.25, 0.3) is 0 Å². The van der Waals surface area contributed by atoms with Crippen LogP contribution in [-0.4, -0.2) is 74.3 Å². The summed E-state index contributed by atoms with van der Waals surface area (Å²) < 4.78 is 5.49. The summed E-state index contributed by atoms with van der Waals surface area (Å²) in [5.74, 6) is 1.72. The second kappa shape index (κ2) is 14.3. The Balaban J connectivity index is 0.00000341. The normalized spacial score (nSPS) is 21.9. The maximum Gasteiger partial charge on any atom is 0.191 e. The molecule has 0 aromatic heterocycles. The van der Waals surface area contributed by atoms with Crippen LogP contribution in [0.4, 0.5) is 0 Å². The fraction of sp³-hybridized carbons (Fsp3) is 0.708. The number of halogens is 1. The first kappa shape index (κ1) is 26.4. The highest BCUT2D eigenvalue weighted by Gasteiger charge is 2.21. The van der Waals surface area contributed by atoms with E-state index in [1.54, 1.807) is 0 Å². The molecule has 0 amide bonds. The molecule has 2 atom stereocenters. The molecule has 0 radical (unpaired) electrons. The van der Waals surface area contributed by atoms with Crippen molar-refractivity contribution in [1.29, 1.82) is 0 Å². The third-order valence-electron chi connectivity index (χ3n) is 6.24. The summed E-state index contributed by atoms with van der Waals surface area (Å²) in [6, 6.07) is 9.22. The lowest BCUT2D eigenvalue weighted by Gasteiger charge is -2.35. The molecule has 1 aromatic carbocycles. The smallest absolute Gasteiger partial charge is 0.191 e. The first-order chi connectivity index (χ1) is 14.7. The van der Waals surface area contributed by atoms with E-state index in [9.17, 15) is 0 Å². The van der Waals surface area contributed by atoms with Gasteiger partial charge in [-0.2, -0.15) is 0 Å². The molecule has 2 unspecified atom stereocenters. The molecule has 2 fully saturated rings. The minimum atomic E-state index is 0. The van der Waals surface area contributed by atoms with Crippen molar-refractivity contribution < 1.29 is 4.74 Å². The monoisotopic (exact) mass is 543 g/mol. The van der Waals surface area contributed by atoms with Crippen LogP contribution < -0.4 is 10.6 Å².